The summed E-state index contributed by atoms with van der Waals surface area (Å²) in [6.07, 6.45) is 0. The van der Waals surface area contributed by atoms with Crippen LogP contribution in [0.25, 0.3) is 0 Å². The molecule has 0 aliphatic carbocycles. The molecule has 0 aliphatic heterocycles. The summed E-state index contributed by atoms with van der Waals surface area (Å²) in [5.41, 5.74) is 0.467. The molecule has 0 atom stereocenters. The number of ether oxygens (including phenoxy) is 1. The van der Waals surface area contributed by atoms with E-state index in [-0.39, 0.29) is 17.4 Å². The normalized spacial score (nSPS) is 10.0. The quantitative estimate of drug-likeness (QED) is 0.602. The van der Waals surface area contributed by atoms with Crippen molar-refractivity contribution in [3.63, 3.8) is 0 Å². The molecule has 0 aliphatic rings. The van der Waals surface area contributed by atoms with E-state index in [1.807, 2.05) is 22.6 Å². The minimum atomic E-state index is -0.362. The van der Waals surface area contributed by atoms with E-state index in [1.165, 1.54) is 7.11 Å². The third kappa shape index (κ3) is 1.82. The van der Waals surface area contributed by atoms with E-state index in [0.717, 1.165) is 3.57 Å². The molecule has 1 aromatic rings. The summed E-state index contributed by atoms with van der Waals surface area (Å²) in [5.74, 6) is 0.0761. The number of hydrogen-bond donors (Lipinski definition) is 0. The fraction of sp³-hybridized carbons (Fsp3) is 0.250. The van der Waals surface area contributed by atoms with Crippen molar-refractivity contribution in [2.24, 2.45) is 0 Å². The van der Waals surface area contributed by atoms with Crippen LogP contribution in [0.5, 0.6) is 5.75 Å². The van der Waals surface area contributed by atoms with Crippen LogP contribution in [0, 0.1) is 9.39 Å². The minimum Gasteiger partial charge on any atom is -0.493 e. The first-order valence-corrected chi connectivity index (χ1v) is 4.89. The van der Waals surface area contributed by atoms with Crippen molar-refractivity contribution >= 4 is 34.2 Å². The van der Waals surface area contributed by atoms with Gasteiger partial charge in [-0.25, -0.2) is 4.39 Å². The third-order valence-electron chi connectivity index (χ3n) is 1.48. The van der Waals surface area contributed by atoms with Gasteiger partial charge in [-0.3, -0.25) is 0 Å². The van der Waals surface area contributed by atoms with Gasteiger partial charge in [0.2, 0.25) is 0 Å². The Kier molecular flexibility index (Phi) is 3.58. The first kappa shape index (κ1) is 10.1. The third-order valence-corrected chi connectivity index (χ3v) is 2.61. The molecule has 0 heterocycles. The van der Waals surface area contributed by atoms with Crippen molar-refractivity contribution in [1.82, 2.24) is 0 Å². The number of halogens is 3. The maximum atomic E-state index is 13.3. The highest BCUT2D eigenvalue weighted by atomic mass is 127. The van der Waals surface area contributed by atoms with E-state index >= 15 is 0 Å². The Morgan fingerprint density at radius 3 is 2.75 bits per heavy atom. The lowest BCUT2D eigenvalue weighted by Gasteiger charge is -2.06. The van der Waals surface area contributed by atoms with Crippen LogP contribution in [0.1, 0.15) is 5.56 Å². The second-order valence-electron chi connectivity index (χ2n) is 2.19. The Hall–Kier alpha value is -0.0300. The van der Waals surface area contributed by atoms with Gasteiger partial charge in [0.25, 0.3) is 0 Å². The highest BCUT2D eigenvalue weighted by Gasteiger charge is 2.10. The zero-order valence-corrected chi connectivity index (χ0v) is 9.32. The van der Waals surface area contributed by atoms with Gasteiger partial charge in [0.05, 0.1) is 16.6 Å². The van der Waals surface area contributed by atoms with E-state index in [1.54, 1.807) is 12.1 Å². The first-order chi connectivity index (χ1) is 5.70. The van der Waals surface area contributed by atoms with Gasteiger partial charge in [0.1, 0.15) is 0 Å². The fourth-order valence-corrected chi connectivity index (χ4v) is 1.71. The van der Waals surface area contributed by atoms with Gasteiger partial charge in [-0.15, -0.1) is 11.6 Å². The molecule has 1 rings (SSSR count). The van der Waals surface area contributed by atoms with Gasteiger partial charge in [-0.2, -0.15) is 0 Å². The Bertz CT molecular complexity index is 291. The van der Waals surface area contributed by atoms with Gasteiger partial charge in [0, 0.05) is 5.56 Å². The fourth-order valence-electron chi connectivity index (χ4n) is 0.864. The predicted molar refractivity (Wildman–Crippen MR) is 55.2 cm³/mol. The van der Waals surface area contributed by atoms with Crippen LogP contribution in [0.15, 0.2) is 12.1 Å². The summed E-state index contributed by atoms with van der Waals surface area (Å²) >= 11 is 7.53. The van der Waals surface area contributed by atoms with Crippen LogP contribution in [-0.4, -0.2) is 7.11 Å². The molecule has 0 unspecified atom stereocenters. The molecule has 0 N–H and O–H groups in total. The summed E-state index contributed by atoms with van der Waals surface area (Å²) < 4.78 is 18.9. The average Bonchev–Trinajstić information content (AvgIpc) is 2.06. The van der Waals surface area contributed by atoms with Crippen LogP contribution in [0.3, 0.4) is 0 Å². The molecule has 0 fully saturated rings. The molecule has 1 aromatic carbocycles. The summed E-state index contributed by atoms with van der Waals surface area (Å²) in [4.78, 5) is 0. The smallest absolute Gasteiger partial charge is 0.170 e. The second-order valence-corrected chi connectivity index (χ2v) is 3.62. The molecule has 0 aromatic heterocycles. The summed E-state index contributed by atoms with van der Waals surface area (Å²) in [6, 6.07) is 3.44. The minimum absolute atomic E-state index is 0.166. The van der Waals surface area contributed by atoms with E-state index in [2.05, 4.69) is 0 Å². The van der Waals surface area contributed by atoms with Gasteiger partial charge in [0.15, 0.2) is 11.6 Å². The summed E-state index contributed by atoms with van der Waals surface area (Å²) in [5, 5.41) is 0. The average molecular weight is 300 g/mol. The van der Waals surface area contributed by atoms with Crippen LogP contribution in [0.4, 0.5) is 4.39 Å². The molecule has 0 radical (unpaired) electrons. The van der Waals surface area contributed by atoms with E-state index in [9.17, 15) is 4.39 Å². The maximum absolute atomic E-state index is 13.3. The molecule has 66 valence electrons. The van der Waals surface area contributed by atoms with Crippen LogP contribution in [0.2, 0.25) is 0 Å². The highest BCUT2D eigenvalue weighted by molar-refractivity contribution is 14.1. The summed E-state index contributed by atoms with van der Waals surface area (Å²) in [7, 11) is 1.44. The molecule has 4 heteroatoms. The van der Waals surface area contributed by atoms with Gasteiger partial charge in [-0.05, 0) is 28.7 Å². The van der Waals surface area contributed by atoms with Gasteiger partial charge >= 0.3 is 0 Å². The number of benzene rings is 1. The van der Waals surface area contributed by atoms with Crippen molar-refractivity contribution in [2.75, 3.05) is 7.11 Å². The van der Waals surface area contributed by atoms with Crippen LogP contribution < -0.4 is 4.74 Å². The lowest BCUT2D eigenvalue weighted by molar-refractivity contribution is 0.382. The Balaban J connectivity index is 3.24. The standard InChI is InChI=1S/C8H7ClFIO/c1-12-8-6(11)3-2-5(4-9)7(8)10/h2-3H,4H2,1H3. The van der Waals surface area contributed by atoms with Crippen molar-refractivity contribution in [2.45, 2.75) is 5.88 Å². The molecule has 0 spiro atoms. The molecular formula is C8H7ClFIO. The molecule has 1 nitrogen and oxygen atoms in total. The molecule has 0 saturated carbocycles. The first-order valence-electron chi connectivity index (χ1n) is 3.27. The maximum Gasteiger partial charge on any atom is 0.170 e. The molecule has 0 amide bonds. The largest absolute Gasteiger partial charge is 0.493 e. The topological polar surface area (TPSA) is 9.23 Å². The Labute approximate surface area is 89.0 Å². The van der Waals surface area contributed by atoms with Crippen molar-refractivity contribution in [3.8, 4) is 5.75 Å². The van der Waals surface area contributed by atoms with Crippen LogP contribution in [-0.2, 0) is 5.88 Å². The van der Waals surface area contributed by atoms with Gasteiger partial charge in [-0.1, -0.05) is 6.07 Å². The number of methoxy groups -OCH3 is 1. The Morgan fingerprint density at radius 2 is 2.25 bits per heavy atom. The highest BCUT2D eigenvalue weighted by Crippen LogP contribution is 2.27. The van der Waals surface area contributed by atoms with Gasteiger partial charge < -0.3 is 4.74 Å². The van der Waals surface area contributed by atoms with E-state index in [4.69, 9.17) is 16.3 Å². The molecular weight excluding hydrogens is 293 g/mol. The molecule has 0 bridgehead atoms. The molecule has 12 heavy (non-hydrogen) atoms. The number of hydrogen-bond acceptors (Lipinski definition) is 1. The molecule has 0 saturated heterocycles. The van der Waals surface area contributed by atoms with Crippen molar-refractivity contribution in [1.29, 1.82) is 0 Å². The predicted octanol–water partition coefficient (Wildman–Crippen LogP) is 3.18. The van der Waals surface area contributed by atoms with E-state index < -0.39 is 0 Å². The van der Waals surface area contributed by atoms with Crippen molar-refractivity contribution in [3.05, 3.63) is 27.1 Å². The van der Waals surface area contributed by atoms with Crippen molar-refractivity contribution < 1.29 is 9.13 Å². The lowest BCUT2D eigenvalue weighted by Crippen LogP contribution is -1.95. The van der Waals surface area contributed by atoms with Crippen LogP contribution >= 0.6 is 34.2 Å². The SMILES string of the molecule is COc1c(I)ccc(CCl)c1F. The van der Waals surface area contributed by atoms with E-state index in [0.29, 0.717) is 5.56 Å². The lowest BCUT2D eigenvalue weighted by atomic mass is 10.2. The number of rotatable bonds is 2. The number of alkyl halides is 1. The summed E-state index contributed by atoms with van der Waals surface area (Å²) in [6.45, 7) is 0. The monoisotopic (exact) mass is 300 g/mol. The second kappa shape index (κ2) is 4.28. The zero-order valence-electron chi connectivity index (χ0n) is 6.40. The zero-order chi connectivity index (χ0) is 9.14. The Morgan fingerprint density at radius 1 is 1.58 bits per heavy atom.